The zero-order valence-electron chi connectivity index (χ0n) is 14.5. The van der Waals surface area contributed by atoms with Crippen molar-refractivity contribution in [2.75, 3.05) is 24.7 Å². The van der Waals surface area contributed by atoms with E-state index in [2.05, 4.69) is 30.7 Å². The van der Waals surface area contributed by atoms with Crippen LogP contribution in [0, 0.1) is 0 Å². The van der Waals surface area contributed by atoms with E-state index >= 15 is 0 Å². The summed E-state index contributed by atoms with van der Waals surface area (Å²) in [6, 6.07) is 6.01. The molecule has 0 spiro atoms. The third kappa shape index (κ3) is 3.94. The highest BCUT2D eigenvalue weighted by atomic mass is 32.1. The molecule has 2 unspecified atom stereocenters. The molecule has 1 fully saturated rings. The minimum Gasteiger partial charge on any atom is -0.387 e. The highest BCUT2D eigenvalue weighted by molar-refractivity contribution is 7.10. The maximum absolute atomic E-state index is 10.5. The maximum Gasteiger partial charge on any atom is 0.135 e. The van der Waals surface area contributed by atoms with Crippen LogP contribution < -0.4 is 4.90 Å². The van der Waals surface area contributed by atoms with Crippen molar-refractivity contribution in [3.63, 3.8) is 0 Å². The van der Waals surface area contributed by atoms with Crippen LogP contribution in [0.3, 0.4) is 0 Å². The van der Waals surface area contributed by atoms with Gasteiger partial charge in [0.05, 0.1) is 25.4 Å². The van der Waals surface area contributed by atoms with Gasteiger partial charge in [0.2, 0.25) is 0 Å². The van der Waals surface area contributed by atoms with Crippen LogP contribution >= 0.6 is 11.3 Å². The third-order valence-electron chi connectivity index (χ3n) is 4.20. The summed E-state index contributed by atoms with van der Waals surface area (Å²) >= 11 is 1.59. The van der Waals surface area contributed by atoms with Gasteiger partial charge in [-0.25, -0.2) is 9.97 Å². The van der Waals surface area contributed by atoms with Gasteiger partial charge in [0, 0.05) is 29.5 Å². The Morgan fingerprint density at radius 2 is 2.25 bits per heavy atom. The number of morpholine rings is 1. The van der Waals surface area contributed by atoms with Gasteiger partial charge in [-0.2, -0.15) is 0 Å². The number of nitrogens with zero attached hydrogens (tertiary/aromatic N) is 3. The van der Waals surface area contributed by atoms with Crippen LogP contribution in [0.2, 0.25) is 0 Å². The number of anilines is 1. The van der Waals surface area contributed by atoms with E-state index in [4.69, 9.17) is 9.72 Å². The van der Waals surface area contributed by atoms with E-state index in [0.717, 1.165) is 23.1 Å². The molecule has 0 saturated carbocycles. The summed E-state index contributed by atoms with van der Waals surface area (Å²) in [5.74, 6) is 1.76. The third-order valence-corrected chi connectivity index (χ3v) is 5.17. The first-order valence-electron chi connectivity index (χ1n) is 8.34. The van der Waals surface area contributed by atoms with Crippen LogP contribution in [0.4, 0.5) is 5.82 Å². The summed E-state index contributed by atoms with van der Waals surface area (Å²) in [4.78, 5) is 12.4. The average molecular weight is 347 g/mol. The molecule has 3 rings (SSSR count). The Bertz CT molecular complexity index is 655. The van der Waals surface area contributed by atoms with Crippen molar-refractivity contribution >= 4 is 17.2 Å². The molecule has 130 valence electrons. The standard InChI is InChI=1S/C18H25N3O2S/c1-18(2,3)17-19-7-6-16(20-17)21-8-9-23-12-13(21)11-14(22)15-5-4-10-24-15/h4-7,10,13-14,22H,8-9,11-12H2,1-3H3. The van der Waals surface area contributed by atoms with Crippen molar-refractivity contribution in [3.05, 3.63) is 40.5 Å². The number of hydrogen-bond donors (Lipinski definition) is 1. The topological polar surface area (TPSA) is 58.5 Å². The number of rotatable bonds is 4. The molecule has 24 heavy (non-hydrogen) atoms. The molecule has 0 radical (unpaired) electrons. The van der Waals surface area contributed by atoms with Gasteiger partial charge >= 0.3 is 0 Å². The molecule has 3 heterocycles. The predicted octanol–water partition coefficient (Wildman–Crippen LogP) is 3.16. The van der Waals surface area contributed by atoms with E-state index < -0.39 is 6.10 Å². The molecule has 2 atom stereocenters. The van der Waals surface area contributed by atoms with Crippen molar-refractivity contribution in [2.24, 2.45) is 0 Å². The summed E-state index contributed by atoms with van der Waals surface area (Å²) in [7, 11) is 0. The van der Waals surface area contributed by atoms with E-state index in [0.29, 0.717) is 19.6 Å². The highest BCUT2D eigenvalue weighted by Crippen LogP contribution is 2.28. The number of aliphatic hydroxyl groups is 1. The maximum atomic E-state index is 10.5. The average Bonchev–Trinajstić information content (AvgIpc) is 3.09. The van der Waals surface area contributed by atoms with Gasteiger partial charge in [0.1, 0.15) is 11.6 Å². The summed E-state index contributed by atoms with van der Waals surface area (Å²) in [5, 5.41) is 12.5. The quantitative estimate of drug-likeness (QED) is 0.921. The number of ether oxygens (including phenoxy) is 1. The molecule has 6 heteroatoms. The molecule has 1 saturated heterocycles. The molecular formula is C18H25N3O2S. The number of thiophene rings is 1. The van der Waals surface area contributed by atoms with Crippen LogP contribution in [0.5, 0.6) is 0 Å². The summed E-state index contributed by atoms with van der Waals surface area (Å²) in [6.45, 7) is 8.41. The Labute approximate surface area is 147 Å². The molecule has 0 aromatic carbocycles. The Morgan fingerprint density at radius 1 is 1.42 bits per heavy atom. The van der Waals surface area contributed by atoms with Crippen LogP contribution in [0.25, 0.3) is 0 Å². The van der Waals surface area contributed by atoms with Crippen LogP contribution in [-0.2, 0) is 10.2 Å². The van der Waals surface area contributed by atoms with E-state index in [9.17, 15) is 5.11 Å². The molecule has 5 nitrogen and oxygen atoms in total. The second-order valence-electron chi connectivity index (χ2n) is 7.18. The van der Waals surface area contributed by atoms with Gasteiger partial charge in [0.15, 0.2) is 0 Å². The molecule has 1 N–H and O–H groups in total. The first kappa shape index (κ1) is 17.3. The molecular weight excluding hydrogens is 322 g/mol. The minimum atomic E-state index is -0.469. The molecule has 1 aliphatic heterocycles. The lowest BCUT2D eigenvalue weighted by molar-refractivity contribution is 0.0684. The SMILES string of the molecule is CC(C)(C)c1nccc(N2CCOCC2CC(O)c2cccs2)n1. The van der Waals surface area contributed by atoms with Crippen LogP contribution in [-0.4, -0.2) is 40.9 Å². The van der Waals surface area contributed by atoms with Crippen molar-refractivity contribution in [2.45, 2.75) is 44.8 Å². The second-order valence-corrected chi connectivity index (χ2v) is 8.16. The van der Waals surface area contributed by atoms with Gasteiger partial charge in [-0.15, -0.1) is 11.3 Å². The van der Waals surface area contributed by atoms with Crippen molar-refractivity contribution < 1.29 is 9.84 Å². The Kier molecular flexibility index (Phi) is 5.18. The molecule has 2 aromatic heterocycles. The van der Waals surface area contributed by atoms with Crippen molar-refractivity contribution in [1.82, 2.24) is 9.97 Å². The Hall–Kier alpha value is -1.50. The molecule has 0 amide bonds. The van der Waals surface area contributed by atoms with E-state index in [1.165, 1.54) is 0 Å². The molecule has 1 aliphatic rings. The fourth-order valence-corrected chi connectivity index (χ4v) is 3.60. The van der Waals surface area contributed by atoms with Gasteiger partial charge in [0.25, 0.3) is 0 Å². The second kappa shape index (κ2) is 7.17. The number of hydrogen-bond acceptors (Lipinski definition) is 6. The smallest absolute Gasteiger partial charge is 0.135 e. The highest BCUT2D eigenvalue weighted by Gasteiger charge is 2.28. The van der Waals surface area contributed by atoms with Gasteiger partial charge in [-0.05, 0) is 17.5 Å². The zero-order valence-corrected chi connectivity index (χ0v) is 15.3. The lowest BCUT2D eigenvalue weighted by Gasteiger charge is -2.37. The fraction of sp³-hybridized carbons (Fsp3) is 0.556. The molecule has 0 aliphatic carbocycles. The zero-order chi connectivity index (χ0) is 17.2. The van der Waals surface area contributed by atoms with Crippen molar-refractivity contribution in [3.8, 4) is 0 Å². The van der Waals surface area contributed by atoms with E-state index in [1.54, 1.807) is 11.3 Å². The van der Waals surface area contributed by atoms with Gasteiger partial charge < -0.3 is 14.7 Å². The van der Waals surface area contributed by atoms with Crippen LogP contribution in [0.1, 0.15) is 44.0 Å². The monoisotopic (exact) mass is 347 g/mol. The summed E-state index contributed by atoms with van der Waals surface area (Å²) < 4.78 is 5.66. The first-order valence-corrected chi connectivity index (χ1v) is 9.22. The summed E-state index contributed by atoms with van der Waals surface area (Å²) in [6.07, 6.45) is 1.99. The number of aromatic nitrogens is 2. The van der Waals surface area contributed by atoms with E-state index in [1.807, 2.05) is 29.8 Å². The largest absolute Gasteiger partial charge is 0.387 e. The van der Waals surface area contributed by atoms with E-state index in [-0.39, 0.29) is 11.5 Å². The Balaban J connectivity index is 1.79. The lowest BCUT2D eigenvalue weighted by atomic mass is 9.96. The summed E-state index contributed by atoms with van der Waals surface area (Å²) in [5.41, 5.74) is -0.0890. The molecule has 2 aromatic rings. The fourth-order valence-electron chi connectivity index (χ4n) is 2.88. The van der Waals surface area contributed by atoms with Gasteiger partial charge in [-0.1, -0.05) is 26.8 Å². The van der Waals surface area contributed by atoms with Crippen molar-refractivity contribution in [1.29, 1.82) is 0 Å². The Morgan fingerprint density at radius 3 is 2.96 bits per heavy atom. The lowest BCUT2D eigenvalue weighted by Crippen LogP contribution is -2.47. The molecule has 0 bridgehead atoms. The van der Waals surface area contributed by atoms with Crippen LogP contribution in [0.15, 0.2) is 29.8 Å². The first-order chi connectivity index (χ1) is 11.4. The van der Waals surface area contributed by atoms with Gasteiger partial charge in [-0.3, -0.25) is 0 Å². The minimum absolute atomic E-state index is 0.0890. The predicted molar refractivity (Wildman–Crippen MR) is 96.6 cm³/mol. The normalized spacial score (nSPS) is 20.2. The number of aliphatic hydroxyl groups excluding tert-OH is 1.